The fourth-order valence-electron chi connectivity index (χ4n) is 2.97. The van der Waals surface area contributed by atoms with Gasteiger partial charge in [-0.15, -0.1) is 0 Å². The molecule has 0 unspecified atom stereocenters. The van der Waals surface area contributed by atoms with Crippen molar-refractivity contribution in [2.75, 3.05) is 30.8 Å². The van der Waals surface area contributed by atoms with E-state index >= 15 is 0 Å². The number of carbonyl (C=O) groups is 2. The molecule has 0 saturated carbocycles. The van der Waals surface area contributed by atoms with Gasteiger partial charge in [0.2, 0.25) is 5.91 Å². The Morgan fingerprint density at radius 1 is 0.968 bits per heavy atom. The highest BCUT2D eigenvalue weighted by atomic mass is 19.1. The van der Waals surface area contributed by atoms with Crippen LogP contribution in [0.2, 0.25) is 0 Å². The van der Waals surface area contributed by atoms with Crippen LogP contribution >= 0.6 is 0 Å². The molecular weight excluding hydrogens is 397 g/mol. The third-order valence-corrected chi connectivity index (χ3v) is 4.58. The van der Waals surface area contributed by atoms with Crippen LogP contribution in [0.15, 0.2) is 72.8 Å². The van der Waals surface area contributed by atoms with E-state index < -0.39 is 0 Å². The number of halogens is 1. The summed E-state index contributed by atoms with van der Waals surface area (Å²) in [5.74, 6) is -0.225. The van der Waals surface area contributed by atoms with E-state index in [1.165, 1.54) is 12.1 Å². The van der Waals surface area contributed by atoms with E-state index in [2.05, 4.69) is 16.0 Å². The van der Waals surface area contributed by atoms with Crippen molar-refractivity contribution in [1.82, 2.24) is 5.32 Å². The SMILES string of the molecule is COc1ccc(CCNC(=O)c2ccccc2NC(=O)CNc2cccc(F)c2)cc1. The van der Waals surface area contributed by atoms with Gasteiger partial charge in [-0.05, 0) is 54.4 Å². The van der Waals surface area contributed by atoms with E-state index in [4.69, 9.17) is 4.74 Å². The topological polar surface area (TPSA) is 79.5 Å². The number of hydrogen-bond acceptors (Lipinski definition) is 4. The van der Waals surface area contributed by atoms with Crippen molar-refractivity contribution < 1.29 is 18.7 Å². The number of rotatable bonds is 9. The summed E-state index contributed by atoms with van der Waals surface area (Å²) in [6.07, 6.45) is 0.668. The predicted octanol–water partition coefficient (Wildman–Crippen LogP) is 3.86. The van der Waals surface area contributed by atoms with Crippen molar-refractivity contribution in [2.24, 2.45) is 0 Å². The Hall–Kier alpha value is -3.87. The maximum absolute atomic E-state index is 13.2. The van der Waals surface area contributed by atoms with E-state index in [1.807, 2.05) is 24.3 Å². The van der Waals surface area contributed by atoms with Crippen molar-refractivity contribution in [1.29, 1.82) is 0 Å². The summed E-state index contributed by atoms with van der Waals surface area (Å²) in [6.45, 7) is 0.394. The van der Waals surface area contributed by atoms with E-state index in [0.29, 0.717) is 29.9 Å². The van der Waals surface area contributed by atoms with Gasteiger partial charge in [0.1, 0.15) is 11.6 Å². The van der Waals surface area contributed by atoms with Gasteiger partial charge in [-0.3, -0.25) is 9.59 Å². The van der Waals surface area contributed by atoms with Gasteiger partial charge in [-0.1, -0.05) is 30.3 Å². The Kier molecular flexibility index (Phi) is 7.59. The summed E-state index contributed by atoms with van der Waals surface area (Å²) < 4.78 is 18.4. The van der Waals surface area contributed by atoms with Gasteiger partial charge in [-0.2, -0.15) is 0 Å². The monoisotopic (exact) mass is 421 g/mol. The van der Waals surface area contributed by atoms with Crippen LogP contribution in [-0.4, -0.2) is 32.0 Å². The number of nitrogens with one attached hydrogen (secondary N) is 3. The van der Waals surface area contributed by atoms with Crippen LogP contribution in [-0.2, 0) is 11.2 Å². The molecule has 160 valence electrons. The highest BCUT2D eigenvalue weighted by Crippen LogP contribution is 2.16. The summed E-state index contributed by atoms with van der Waals surface area (Å²) in [5, 5.41) is 8.46. The first-order valence-electron chi connectivity index (χ1n) is 9.84. The molecular formula is C24H24FN3O3. The number of anilines is 2. The maximum atomic E-state index is 13.2. The molecule has 6 nitrogen and oxygen atoms in total. The van der Waals surface area contributed by atoms with Crippen molar-refractivity contribution in [2.45, 2.75) is 6.42 Å². The number of methoxy groups -OCH3 is 1. The molecule has 0 aliphatic heterocycles. The van der Waals surface area contributed by atoms with Gasteiger partial charge < -0.3 is 20.7 Å². The molecule has 2 amide bonds. The second kappa shape index (κ2) is 10.8. The molecule has 3 N–H and O–H groups in total. The average molecular weight is 421 g/mol. The molecule has 0 aliphatic carbocycles. The zero-order chi connectivity index (χ0) is 22.1. The summed E-state index contributed by atoms with van der Waals surface area (Å²) in [7, 11) is 1.61. The molecule has 3 rings (SSSR count). The zero-order valence-electron chi connectivity index (χ0n) is 17.2. The predicted molar refractivity (Wildman–Crippen MR) is 119 cm³/mol. The van der Waals surface area contributed by atoms with E-state index in [1.54, 1.807) is 43.5 Å². The third kappa shape index (κ3) is 6.57. The Labute approximate surface area is 180 Å². The molecule has 0 fully saturated rings. The third-order valence-electron chi connectivity index (χ3n) is 4.58. The van der Waals surface area contributed by atoms with Gasteiger partial charge >= 0.3 is 0 Å². The lowest BCUT2D eigenvalue weighted by atomic mass is 10.1. The van der Waals surface area contributed by atoms with Crippen LogP contribution in [0.3, 0.4) is 0 Å². The van der Waals surface area contributed by atoms with Crippen LogP contribution < -0.4 is 20.7 Å². The average Bonchev–Trinajstić information content (AvgIpc) is 2.78. The fraction of sp³-hybridized carbons (Fsp3) is 0.167. The minimum Gasteiger partial charge on any atom is -0.497 e. The smallest absolute Gasteiger partial charge is 0.253 e. The first-order valence-corrected chi connectivity index (χ1v) is 9.84. The summed E-state index contributed by atoms with van der Waals surface area (Å²) in [6, 6.07) is 20.3. The highest BCUT2D eigenvalue weighted by molar-refractivity contribution is 6.04. The highest BCUT2D eigenvalue weighted by Gasteiger charge is 2.13. The quantitative estimate of drug-likeness (QED) is 0.490. The van der Waals surface area contributed by atoms with Gasteiger partial charge in [0.05, 0.1) is 24.9 Å². The largest absolute Gasteiger partial charge is 0.497 e. The van der Waals surface area contributed by atoms with E-state index in [9.17, 15) is 14.0 Å². The molecule has 0 atom stereocenters. The normalized spacial score (nSPS) is 10.3. The standard InChI is InChI=1S/C24H24FN3O3/c1-31-20-11-9-17(10-12-20)13-14-26-24(30)21-7-2-3-8-22(21)28-23(29)16-27-19-6-4-5-18(25)15-19/h2-12,15,27H,13-14,16H2,1H3,(H,26,30)(H,28,29). The Bertz CT molecular complexity index is 1040. The summed E-state index contributed by atoms with van der Waals surface area (Å²) in [4.78, 5) is 24.9. The number of benzene rings is 3. The molecule has 0 saturated heterocycles. The fourth-order valence-corrected chi connectivity index (χ4v) is 2.97. The Morgan fingerprint density at radius 3 is 2.48 bits per heavy atom. The lowest BCUT2D eigenvalue weighted by molar-refractivity contribution is -0.114. The molecule has 7 heteroatoms. The Morgan fingerprint density at radius 2 is 1.74 bits per heavy atom. The van der Waals surface area contributed by atoms with Crippen molar-refractivity contribution >= 4 is 23.2 Å². The van der Waals surface area contributed by atoms with Crippen LogP contribution in [0, 0.1) is 5.82 Å². The summed E-state index contributed by atoms with van der Waals surface area (Å²) >= 11 is 0. The number of amides is 2. The Balaban J connectivity index is 1.53. The molecule has 31 heavy (non-hydrogen) atoms. The number of ether oxygens (including phenoxy) is 1. The van der Waals surface area contributed by atoms with Gasteiger partial charge in [0.25, 0.3) is 5.91 Å². The summed E-state index contributed by atoms with van der Waals surface area (Å²) in [5.41, 5.74) is 2.36. The first-order chi connectivity index (χ1) is 15.0. The molecule has 0 aromatic heterocycles. The van der Waals surface area contributed by atoms with Gasteiger partial charge in [-0.25, -0.2) is 4.39 Å². The molecule has 0 radical (unpaired) electrons. The van der Waals surface area contributed by atoms with Crippen molar-refractivity contribution in [3.63, 3.8) is 0 Å². The zero-order valence-corrected chi connectivity index (χ0v) is 17.2. The van der Waals surface area contributed by atoms with E-state index in [0.717, 1.165) is 11.3 Å². The van der Waals surface area contributed by atoms with Crippen LogP contribution in [0.25, 0.3) is 0 Å². The van der Waals surface area contributed by atoms with Crippen molar-refractivity contribution in [3.05, 3.63) is 89.7 Å². The second-order valence-electron chi connectivity index (χ2n) is 6.81. The molecule has 3 aromatic carbocycles. The lowest BCUT2D eigenvalue weighted by Crippen LogP contribution is -2.28. The van der Waals surface area contributed by atoms with Gasteiger partial charge in [0.15, 0.2) is 0 Å². The minimum atomic E-state index is -0.387. The molecule has 0 bridgehead atoms. The maximum Gasteiger partial charge on any atom is 0.253 e. The van der Waals surface area contributed by atoms with E-state index in [-0.39, 0.29) is 24.2 Å². The van der Waals surface area contributed by atoms with Crippen LogP contribution in [0.4, 0.5) is 15.8 Å². The number of para-hydroxylation sites is 1. The van der Waals surface area contributed by atoms with Crippen LogP contribution in [0.5, 0.6) is 5.75 Å². The molecule has 3 aromatic rings. The molecule has 0 heterocycles. The van der Waals surface area contributed by atoms with Crippen molar-refractivity contribution in [3.8, 4) is 5.75 Å². The minimum absolute atomic E-state index is 0.0587. The van der Waals surface area contributed by atoms with Crippen LogP contribution in [0.1, 0.15) is 15.9 Å². The number of hydrogen-bond donors (Lipinski definition) is 3. The molecule has 0 aliphatic rings. The van der Waals surface area contributed by atoms with Gasteiger partial charge in [0, 0.05) is 12.2 Å². The lowest BCUT2D eigenvalue weighted by Gasteiger charge is -2.12. The second-order valence-corrected chi connectivity index (χ2v) is 6.81. The molecule has 0 spiro atoms. The number of carbonyl (C=O) groups excluding carboxylic acids is 2. The first kappa shape index (κ1) is 21.8.